The number of nitrogens with zero attached hydrogens (tertiary/aromatic N) is 3. The van der Waals surface area contributed by atoms with Crippen LogP contribution in [0.4, 0.5) is 0 Å². The summed E-state index contributed by atoms with van der Waals surface area (Å²) in [5.74, 6) is 0.153. The molecule has 7 nitrogen and oxygen atoms in total. The molecule has 0 atom stereocenters. The molecule has 0 aliphatic rings. The molecular formula is C12H13N5O2S. The molecule has 0 saturated carbocycles. The number of aromatic amines is 1. The molecule has 104 valence electrons. The number of aromatic hydroxyl groups is 1. The second-order valence-corrected chi connectivity index (χ2v) is 4.82. The summed E-state index contributed by atoms with van der Waals surface area (Å²) in [6, 6.07) is 6.58. The molecule has 20 heavy (non-hydrogen) atoms. The summed E-state index contributed by atoms with van der Waals surface area (Å²) >= 11 is 1.24. The highest BCUT2D eigenvalue weighted by Crippen LogP contribution is 2.11. The van der Waals surface area contributed by atoms with E-state index in [1.807, 2.05) is 0 Å². The van der Waals surface area contributed by atoms with Crippen LogP contribution in [0, 0.1) is 0 Å². The Morgan fingerprint density at radius 1 is 1.45 bits per heavy atom. The lowest BCUT2D eigenvalue weighted by Crippen LogP contribution is -2.21. The molecule has 8 heteroatoms. The van der Waals surface area contributed by atoms with Crippen molar-refractivity contribution in [2.45, 2.75) is 12.1 Å². The second-order valence-electron chi connectivity index (χ2n) is 3.86. The lowest BCUT2D eigenvalue weighted by atomic mass is 10.1. The van der Waals surface area contributed by atoms with Crippen LogP contribution >= 0.6 is 11.8 Å². The maximum absolute atomic E-state index is 11.6. The smallest absolute Gasteiger partial charge is 0.250 e. The maximum atomic E-state index is 11.6. The van der Waals surface area contributed by atoms with Crippen LogP contribution in [0.15, 0.2) is 40.9 Å². The molecule has 0 spiro atoms. The van der Waals surface area contributed by atoms with Crippen molar-refractivity contribution in [2.24, 2.45) is 5.10 Å². The van der Waals surface area contributed by atoms with Gasteiger partial charge < -0.3 is 5.11 Å². The Balaban J connectivity index is 1.85. The quantitative estimate of drug-likeness (QED) is 0.435. The van der Waals surface area contributed by atoms with E-state index in [2.05, 4.69) is 25.7 Å². The van der Waals surface area contributed by atoms with E-state index in [1.165, 1.54) is 18.1 Å². The summed E-state index contributed by atoms with van der Waals surface area (Å²) < 4.78 is 0. The summed E-state index contributed by atoms with van der Waals surface area (Å²) in [6.45, 7) is 1.77. The number of nitrogens with one attached hydrogen (secondary N) is 2. The van der Waals surface area contributed by atoms with Crippen molar-refractivity contribution in [1.82, 2.24) is 20.6 Å². The molecule has 0 aliphatic carbocycles. The van der Waals surface area contributed by atoms with Gasteiger partial charge in [-0.25, -0.2) is 10.4 Å². The SMILES string of the molecule is C/C(=N\NC(=O)CSc1ncn[nH]1)c1ccc(O)cc1. The molecule has 1 aromatic carbocycles. The van der Waals surface area contributed by atoms with Crippen molar-refractivity contribution in [2.75, 3.05) is 5.75 Å². The van der Waals surface area contributed by atoms with Crippen LogP contribution < -0.4 is 5.43 Å². The third-order valence-electron chi connectivity index (χ3n) is 2.37. The number of benzene rings is 1. The number of thioether (sulfide) groups is 1. The molecule has 0 aliphatic heterocycles. The first-order valence-corrected chi connectivity index (χ1v) is 6.74. The largest absolute Gasteiger partial charge is 0.508 e. The van der Waals surface area contributed by atoms with Gasteiger partial charge in [-0.3, -0.25) is 9.89 Å². The van der Waals surface area contributed by atoms with Gasteiger partial charge in [0.1, 0.15) is 12.1 Å². The Bertz CT molecular complexity index is 595. The predicted molar refractivity (Wildman–Crippen MR) is 75.6 cm³/mol. The number of carbonyl (C=O) groups is 1. The van der Waals surface area contributed by atoms with E-state index in [0.717, 1.165) is 5.56 Å². The second kappa shape index (κ2) is 6.71. The average Bonchev–Trinajstić information content (AvgIpc) is 2.96. The number of rotatable bonds is 5. The topological polar surface area (TPSA) is 103 Å². The molecular weight excluding hydrogens is 278 g/mol. The first-order chi connectivity index (χ1) is 9.65. The van der Waals surface area contributed by atoms with Gasteiger partial charge in [-0.05, 0) is 36.8 Å². The predicted octanol–water partition coefficient (Wildman–Crippen LogP) is 1.14. The Labute approximate surface area is 119 Å². The number of hydrazone groups is 1. The van der Waals surface area contributed by atoms with E-state index < -0.39 is 0 Å². The zero-order valence-corrected chi connectivity index (χ0v) is 11.5. The number of phenolic OH excluding ortho intramolecular Hbond substituents is 1. The van der Waals surface area contributed by atoms with Gasteiger partial charge in [-0.15, -0.1) is 0 Å². The number of carbonyl (C=O) groups excluding carboxylic acids is 1. The third-order valence-corrected chi connectivity index (χ3v) is 3.24. The Morgan fingerprint density at radius 2 is 2.20 bits per heavy atom. The third kappa shape index (κ3) is 4.09. The molecule has 1 heterocycles. The number of hydrogen-bond acceptors (Lipinski definition) is 6. The lowest BCUT2D eigenvalue weighted by Gasteiger charge is -2.02. The summed E-state index contributed by atoms with van der Waals surface area (Å²) in [7, 11) is 0. The lowest BCUT2D eigenvalue weighted by molar-refractivity contribution is -0.118. The van der Waals surface area contributed by atoms with Crippen molar-refractivity contribution in [3.8, 4) is 5.75 Å². The van der Waals surface area contributed by atoms with Crippen molar-refractivity contribution >= 4 is 23.4 Å². The fraction of sp³-hybridized carbons (Fsp3) is 0.167. The van der Waals surface area contributed by atoms with Crippen LogP contribution in [0.2, 0.25) is 0 Å². The Morgan fingerprint density at radius 3 is 2.85 bits per heavy atom. The van der Waals surface area contributed by atoms with Crippen LogP contribution in [0.3, 0.4) is 0 Å². The van der Waals surface area contributed by atoms with Gasteiger partial charge in [-0.2, -0.15) is 10.2 Å². The fourth-order valence-corrected chi connectivity index (χ4v) is 1.91. The van der Waals surface area contributed by atoms with E-state index in [9.17, 15) is 9.90 Å². The minimum atomic E-state index is -0.232. The first-order valence-electron chi connectivity index (χ1n) is 5.76. The highest BCUT2D eigenvalue weighted by Gasteiger charge is 2.04. The molecule has 0 saturated heterocycles. The molecule has 1 amide bonds. The van der Waals surface area contributed by atoms with Gasteiger partial charge >= 0.3 is 0 Å². The number of aromatic nitrogens is 3. The van der Waals surface area contributed by atoms with Crippen LogP contribution in [0.25, 0.3) is 0 Å². The minimum absolute atomic E-state index is 0.189. The van der Waals surface area contributed by atoms with Crippen LogP contribution in [0.1, 0.15) is 12.5 Å². The number of phenols is 1. The van der Waals surface area contributed by atoms with Crippen molar-refractivity contribution in [3.63, 3.8) is 0 Å². The fourth-order valence-electron chi connectivity index (χ4n) is 1.34. The van der Waals surface area contributed by atoms with E-state index in [1.54, 1.807) is 31.2 Å². The molecule has 1 aromatic heterocycles. The maximum Gasteiger partial charge on any atom is 0.250 e. The molecule has 3 N–H and O–H groups in total. The van der Waals surface area contributed by atoms with Crippen LogP contribution in [-0.2, 0) is 4.79 Å². The Hall–Kier alpha value is -2.35. The van der Waals surface area contributed by atoms with Gasteiger partial charge in [0.2, 0.25) is 0 Å². The van der Waals surface area contributed by atoms with E-state index in [-0.39, 0.29) is 17.4 Å². The molecule has 0 bridgehead atoms. The van der Waals surface area contributed by atoms with Crippen LogP contribution in [-0.4, -0.2) is 37.7 Å². The molecule has 2 aromatic rings. The Kier molecular flexibility index (Phi) is 4.72. The van der Waals surface area contributed by atoms with Crippen molar-refractivity contribution in [1.29, 1.82) is 0 Å². The summed E-state index contributed by atoms with van der Waals surface area (Å²) in [6.07, 6.45) is 1.38. The van der Waals surface area contributed by atoms with Gasteiger partial charge in [0.15, 0.2) is 5.16 Å². The normalized spacial score (nSPS) is 11.3. The zero-order valence-electron chi connectivity index (χ0n) is 10.7. The zero-order chi connectivity index (χ0) is 14.4. The van der Waals surface area contributed by atoms with Crippen LogP contribution in [0.5, 0.6) is 5.75 Å². The summed E-state index contributed by atoms with van der Waals surface area (Å²) in [5, 5.41) is 20.1. The number of H-pyrrole nitrogens is 1. The van der Waals surface area contributed by atoms with Gasteiger partial charge in [0.25, 0.3) is 5.91 Å². The van der Waals surface area contributed by atoms with E-state index >= 15 is 0 Å². The van der Waals surface area contributed by atoms with Crippen molar-refractivity contribution in [3.05, 3.63) is 36.2 Å². The molecule has 0 unspecified atom stereocenters. The van der Waals surface area contributed by atoms with Crippen molar-refractivity contribution < 1.29 is 9.90 Å². The summed E-state index contributed by atoms with van der Waals surface area (Å²) in [4.78, 5) is 15.5. The van der Waals surface area contributed by atoms with Gasteiger partial charge in [-0.1, -0.05) is 11.8 Å². The highest BCUT2D eigenvalue weighted by molar-refractivity contribution is 7.99. The molecule has 0 radical (unpaired) electrons. The summed E-state index contributed by atoms with van der Waals surface area (Å²) in [5.41, 5.74) is 3.94. The van der Waals surface area contributed by atoms with Gasteiger partial charge in [0, 0.05) is 0 Å². The monoisotopic (exact) mass is 291 g/mol. The van der Waals surface area contributed by atoms with E-state index in [0.29, 0.717) is 10.9 Å². The van der Waals surface area contributed by atoms with Gasteiger partial charge in [0.05, 0.1) is 11.5 Å². The average molecular weight is 291 g/mol. The number of hydrogen-bond donors (Lipinski definition) is 3. The van der Waals surface area contributed by atoms with E-state index in [4.69, 9.17) is 0 Å². The highest BCUT2D eigenvalue weighted by atomic mass is 32.2. The molecule has 0 fully saturated rings. The molecule has 2 rings (SSSR count). The minimum Gasteiger partial charge on any atom is -0.508 e. The first kappa shape index (κ1) is 14.1. The standard InChI is InChI=1S/C12H13N5O2S/c1-8(9-2-4-10(18)5-3-9)15-16-11(19)6-20-12-13-7-14-17-12/h2-5,7,18H,6H2,1H3,(H,16,19)(H,13,14,17)/b15-8+. The number of amides is 1.